The summed E-state index contributed by atoms with van der Waals surface area (Å²) in [5.74, 6) is -0.662. The molecule has 1 rings (SSSR count). The van der Waals surface area contributed by atoms with E-state index in [9.17, 15) is 17.6 Å². The molecule has 0 heterocycles. The predicted molar refractivity (Wildman–Crippen MR) is 68.6 cm³/mol. The average molecular weight is 293 g/mol. The zero-order valence-corrected chi connectivity index (χ0v) is 11.5. The topological polar surface area (TPSA) is 32.3 Å². The molecular weight excluding hydrogens is 274 g/mol. The van der Waals surface area contributed by atoms with Crippen LogP contribution in [-0.4, -0.2) is 18.3 Å². The Hall–Kier alpha value is -1.14. The van der Waals surface area contributed by atoms with Crippen LogP contribution in [0.1, 0.15) is 31.4 Å². The lowest BCUT2D eigenvalue weighted by molar-refractivity contribution is -0.137. The van der Waals surface area contributed by atoms with Crippen LogP contribution in [0.15, 0.2) is 18.2 Å². The summed E-state index contributed by atoms with van der Waals surface area (Å²) in [5, 5.41) is 11.8. The van der Waals surface area contributed by atoms with Gasteiger partial charge in [0.05, 0.1) is 5.56 Å². The van der Waals surface area contributed by atoms with Gasteiger partial charge in [0.15, 0.2) is 0 Å². The first kappa shape index (κ1) is 16.9. The number of aliphatic hydroxyl groups excluding tert-OH is 1. The van der Waals surface area contributed by atoms with Crippen molar-refractivity contribution in [1.82, 2.24) is 5.32 Å². The number of halogens is 4. The maximum absolute atomic E-state index is 13.5. The van der Waals surface area contributed by atoms with Crippen molar-refractivity contribution < 1.29 is 22.7 Å². The Kier molecular flexibility index (Phi) is 5.53. The minimum Gasteiger partial charge on any atom is -0.396 e. The minimum absolute atomic E-state index is 0.0142. The van der Waals surface area contributed by atoms with Crippen LogP contribution in [0.4, 0.5) is 17.6 Å². The van der Waals surface area contributed by atoms with Gasteiger partial charge in [-0.05, 0) is 30.0 Å². The maximum atomic E-state index is 13.5. The molecular formula is C14H19F4NO. The van der Waals surface area contributed by atoms with E-state index < -0.39 is 17.6 Å². The zero-order valence-electron chi connectivity index (χ0n) is 11.5. The van der Waals surface area contributed by atoms with Crippen LogP contribution in [0.2, 0.25) is 0 Å². The summed E-state index contributed by atoms with van der Waals surface area (Å²) in [6, 6.07) is 2.38. The van der Waals surface area contributed by atoms with Crippen LogP contribution in [0.25, 0.3) is 0 Å². The van der Waals surface area contributed by atoms with E-state index in [0.717, 1.165) is 18.2 Å². The van der Waals surface area contributed by atoms with Crippen molar-refractivity contribution in [2.75, 3.05) is 13.2 Å². The Morgan fingerprint density at radius 2 is 1.85 bits per heavy atom. The van der Waals surface area contributed by atoms with Crippen LogP contribution in [-0.2, 0) is 12.7 Å². The van der Waals surface area contributed by atoms with Crippen molar-refractivity contribution in [1.29, 1.82) is 0 Å². The molecule has 0 aliphatic carbocycles. The summed E-state index contributed by atoms with van der Waals surface area (Å²) in [6.45, 7) is 4.36. The molecule has 0 aliphatic rings. The highest BCUT2D eigenvalue weighted by molar-refractivity contribution is 5.27. The fourth-order valence-electron chi connectivity index (χ4n) is 1.81. The van der Waals surface area contributed by atoms with Gasteiger partial charge in [0.25, 0.3) is 0 Å². The van der Waals surface area contributed by atoms with Gasteiger partial charge in [-0.15, -0.1) is 0 Å². The normalized spacial score (nSPS) is 12.8. The Balaban J connectivity index is 2.69. The van der Waals surface area contributed by atoms with Crippen molar-refractivity contribution in [3.05, 3.63) is 35.1 Å². The monoisotopic (exact) mass is 293 g/mol. The molecule has 0 fully saturated rings. The first-order valence-electron chi connectivity index (χ1n) is 6.33. The van der Waals surface area contributed by atoms with Gasteiger partial charge in [-0.3, -0.25) is 0 Å². The fourth-order valence-corrected chi connectivity index (χ4v) is 1.81. The van der Waals surface area contributed by atoms with Crippen molar-refractivity contribution in [2.45, 2.75) is 33.0 Å². The summed E-state index contributed by atoms with van der Waals surface area (Å²) in [4.78, 5) is 0. The highest BCUT2D eigenvalue weighted by Crippen LogP contribution is 2.30. The van der Waals surface area contributed by atoms with E-state index >= 15 is 0 Å². The zero-order chi connectivity index (χ0) is 15.4. The van der Waals surface area contributed by atoms with Gasteiger partial charge in [0.2, 0.25) is 0 Å². The largest absolute Gasteiger partial charge is 0.416 e. The molecule has 0 amide bonds. The molecule has 0 saturated heterocycles. The lowest BCUT2D eigenvalue weighted by Crippen LogP contribution is -2.30. The molecule has 0 aliphatic heterocycles. The van der Waals surface area contributed by atoms with Crippen molar-refractivity contribution in [2.24, 2.45) is 5.41 Å². The summed E-state index contributed by atoms with van der Waals surface area (Å²) < 4.78 is 51.1. The number of rotatable bonds is 6. The smallest absolute Gasteiger partial charge is 0.396 e. The molecule has 6 heteroatoms. The second kappa shape index (κ2) is 6.54. The van der Waals surface area contributed by atoms with Gasteiger partial charge in [0, 0.05) is 25.3 Å². The van der Waals surface area contributed by atoms with Crippen LogP contribution >= 0.6 is 0 Å². The second-order valence-corrected chi connectivity index (χ2v) is 5.55. The van der Waals surface area contributed by atoms with E-state index in [2.05, 4.69) is 5.32 Å². The van der Waals surface area contributed by atoms with E-state index in [1.807, 2.05) is 13.8 Å². The molecule has 2 nitrogen and oxygen atoms in total. The number of nitrogens with one attached hydrogen (secondary N) is 1. The SMILES string of the molecule is CC(C)(CCO)CNCc1cc(C(F)(F)F)ccc1F. The minimum atomic E-state index is -4.47. The van der Waals surface area contributed by atoms with Gasteiger partial charge < -0.3 is 10.4 Å². The Labute approximate surface area is 115 Å². The highest BCUT2D eigenvalue weighted by Gasteiger charge is 2.31. The standard InChI is InChI=1S/C14H19F4NO/c1-13(2,5-6-20)9-19-8-10-7-11(14(16,17)18)3-4-12(10)15/h3-4,7,19-20H,5-6,8-9H2,1-2H3. The molecule has 1 aromatic carbocycles. The summed E-state index contributed by atoms with van der Waals surface area (Å²) in [6.07, 6.45) is -3.91. The van der Waals surface area contributed by atoms with E-state index in [1.54, 1.807) is 0 Å². The third-order valence-electron chi connectivity index (χ3n) is 3.08. The lowest BCUT2D eigenvalue weighted by atomic mass is 9.90. The molecule has 0 bridgehead atoms. The summed E-state index contributed by atoms with van der Waals surface area (Å²) in [7, 11) is 0. The third-order valence-corrected chi connectivity index (χ3v) is 3.08. The lowest BCUT2D eigenvalue weighted by Gasteiger charge is -2.24. The number of hydrogen-bond acceptors (Lipinski definition) is 2. The van der Waals surface area contributed by atoms with E-state index in [0.29, 0.717) is 13.0 Å². The molecule has 0 saturated carbocycles. The molecule has 0 radical (unpaired) electrons. The van der Waals surface area contributed by atoms with Crippen molar-refractivity contribution >= 4 is 0 Å². The molecule has 0 atom stereocenters. The molecule has 1 aromatic rings. The maximum Gasteiger partial charge on any atom is 0.416 e. The van der Waals surface area contributed by atoms with E-state index in [1.165, 1.54) is 0 Å². The van der Waals surface area contributed by atoms with Gasteiger partial charge in [-0.25, -0.2) is 4.39 Å². The summed E-state index contributed by atoms with van der Waals surface area (Å²) in [5.41, 5.74) is -1.07. The average Bonchev–Trinajstić information content (AvgIpc) is 2.29. The second-order valence-electron chi connectivity index (χ2n) is 5.55. The van der Waals surface area contributed by atoms with Gasteiger partial charge in [-0.2, -0.15) is 13.2 Å². The van der Waals surface area contributed by atoms with Gasteiger partial charge >= 0.3 is 6.18 Å². The van der Waals surface area contributed by atoms with E-state index in [4.69, 9.17) is 5.11 Å². The molecule has 114 valence electrons. The van der Waals surface area contributed by atoms with Crippen LogP contribution in [0.5, 0.6) is 0 Å². The fraction of sp³-hybridized carbons (Fsp3) is 0.571. The first-order chi connectivity index (χ1) is 9.15. The Bertz CT molecular complexity index is 443. The third kappa shape index (κ3) is 5.09. The summed E-state index contributed by atoms with van der Waals surface area (Å²) >= 11 is 0. The number of benzene rings is 1. The quantitative estimate of drug-likeness (QED) is 0.788. The Morgan fingerprint density at radius 3 is 2.40 bits per heavy atom. The van der Waals surface area contributed by atoms with Gasteiger partial charge in [0.1, 0.15) is 5.82 Å². The molecule has 20 heavy (non-hydrogen) atoms. The van der Waals surface area contributed by atoms with E-state index in [-0.39, 0.29) is 24.1 Å². The van der Waals surface area contributed by atoms with Crippen molar-refractivity contribution in [3.8, 4) is 0 Å². The van der Waals surface area contributed by atoms with Crippen molar-refractivity contribution in [3.63, 3.8) is 0 Å². The molecule has 0 aromatic heterocycles. The highest BCUT2D eigenvalue weighted by atomic mass is 19.4. The molecule has 0 unspecified atom stereocenters. The number of alkyl halides is 3. The number of aliphatic hydroxyl groups is 1. The Morgan fingerprint density at radius 1 is 1.20 bits per heavy atom. The van der Waals surface area contributed by atoms with Crippen LogP contribution in [0.3, 0.4) is 0 Å². The first-order valence-corrected chi connectivity index (χ1v) is 6.33. The van der Waals surface area contributed by atoms with Gasteiger partial charge in [-0.1, -0.05) is 13.8 Å². The predicted octanol–water partition coefficient (Wildman–Crippen LogP) is 3.34. The molecule has 2 N–H and O–H groups in total. The molecule has 0 spiro atoms. The van der Waals surface area contributed by atoms with Crippen LogP contribution < -0.4 is 5.32 Å². The van der Waals surface area contributed by atoms with Crippen LogP contribution in [0, 0.1) is 11.2 Å². The number of hydrogen-bond donors (Lipinski definition) is 2.